The topological polar surface area (TPSA) is 64.4 Å². The van der Waals surface area contributed by atoms with Gasteiger partial charge in [0.2, 0.25) is 0 Å². The van der Waals surface area contributed by atoms with Crippen LogP contribution in [0.25, 0.3) is 0 Å². The lowest BCUT2D eigenvalue weighted by Crippen LogP contribution is -2.30. The zero-order valence-electron chi connectivity index (χ0n) is 12.1. The lowest BCUT2D eigenvalue weighted by Gasteiger charge is -2.31. The monoisotopic (exact) mass is 278 g/mol. The Morgan fingerprint density at radius 1 is 1.40 bits per heavy atom. The van der Waals surface area contributed by atoms with E-state index in [0.29, 0.717) is 17.4 Å². The summed E-state index contributed by atoms with van der Waals surface area (Å²) >= 11 is 0. The summed E-state index contributed by atoms with van der Waals surface area (Å²) in [4.78, 5) is 10.9. The molecule has 0 saturated heterocycles. The summed E-state index contributed by atoms with van der Waals surface area (Å²) in [5.74, 6) is 0.883. The SMILES string of the molecule is CCC1CCCCC1Oc1cccc(NC)c1[N+](=O)[O-]. The molecule has 5 heteroatoms. The van der Waals surface area contributed by atoms with Crippen LogP contribution in [0.5, 0.6) is 5.75 Å². The molecule has 2 rings (SSSR count). The zero-order chi connectivity index (χ0) is 14.5. The maximum absolute atomic E-state index is 11.3. The van der Waals surface area contributed by atoms with Gasteiger partial charge in [0.25, 0.3) is 0 Å². The Kier molecular flexibility index (Phi) is 4.82. The standard InChI is InChI=1S/C15H22N2O3/c1-3-11-7-4-5-9-13(11)20-14-10-6-8-12(16-2)15(14)17(18)19/h6,8,10-11,13,16H,3-5,7,9H2,1-2H3. The summed E-state index contributed by atoms with van der Waals surface area (Å²) in [6.07, 6.45) is 5.67. The van der Waals surface area contributed by atoms with Crippen molar-refractivity contribution >= 4 is 11.4 Å². The Morgan fingerprint density at radius 3 is 2.80 bits per heavy atom. The maximum Gasteiger partial charge on any atom is 0.333 e. The van der Waals surface area contributed by atoms with Gasteiger partial charge in [0.1, 0.15) is 11.8 Å². The molecule has 1 aromatic rings. The van der Waals surface area contributed by atoms with Crippen LogP contribution in [0.1, 0.15) is 39.0 Å². The number of ether oxygens (including phenoxy) is 1. The molecule has 20 heavy (non-hydrogen) atoms. The first-order valence-corrected chi connectivity index (χ1v) is 7.29. The van der Waals surface area contributed by atoms with E-state index in [1.807, 2.05) is 0 Å². The Balaban J connectivity index is 2.26. The second kappa shape index (κ2) is 6.59. The first-order chi connectivity index (χ1) is 9.67. The van der Waals surface area contributed by atoms with Crippen LogP contribution in [0, 0.1) is 16.0 Å². The van der Waals surface area contributed by atoms with E-state index in [-0.39, 0.29) is 16.7 Å². The molecule has 0 aliphatic heterocycles. The minimum atomic E-state index is -0.370. The number of anilines is 1. The highest BCUT2D eigenvalue weighted by Crippen LogP contribution is 2.38. The number of nitro benzene ring substituents is 1. The van der Waals surface area contributed by atoms with Gasteiger partial charge in [-0.15, -0.1) is 0 Å². The van der Waals surface area contributed by atoms with Gasteiger partial charge in [-0.05, 0) is 43.7 Å². The van der Waals surface area contributed by atoms with Crippen LogP contribution in [0.3, 0.4) is 0 Å². The summed E-state index contributed by atoms with van der Waals surface area (Å²) in [5.41, 5.74) is 0.534. The molecule has 2 unspecified atom stereocenters. The molecule has 1 saturated carbocycles. The normalized spacial score (nSPS) is 22.3. The van der Waals surface area contributed by atoms with E-state index in [1.54, 1.807) is 25.2 Å². The van der Waals surface area contributed by atoms with Crippen LogP contribution in [-0.2, 0) is 0 Å². The van der Waals surface area contributed by atoms with E-state index < -0.39 is 0 Å². The quantitative estimate of drug-likeness (QED) is 0.653. The van der Waals surface area contributed by atoms with Crippen molar-refractivity contribution in [2.24, 2.45) is 5.92 Å². The molecule has 0 amide bonds. The van der Waals surface area contributed by atoms with Crippen LogP contribution in [0.4, 0.5) is 11.4 Å². The fourth-order valence-corrected chi connectivity index (χ4v) is 2.97. The van der Waals surface area contributed by atoms with Gasteiger partial charge < -0.3 is 10.1 Å². The predicted molar refractivity (Wildman–Crippen MR) is 79.3 cm³/mol. The van der Waals surface area contributed by atoms with Crippen molar-refractivity contribution in [3.8, 4) is 5.75 Å². The Morgan fingerprint density at radius 2 is 2.15 bits per heavy atom. The summed E-state index contributed by atoms with van der Waals surface area (Å²) in [7, 11) is 1.68. The van der Waals surface area contributed by atoms with Gasteiger partial charge >= 0.3 is 5.69 Å². The van der Waals surface area contributed by atoms with Gasteiger partial charge in [-0.2, -0.15) is 0 Å². The van der Waals surface area contributed by atoms with Crippen molar-refractivity contribution in [2.75, 3.05) is 12.4 Å². The van der Waals surface area contributed by atoms with E-state index in [9.17, 15) is 10.1 Å². The third-order valence-electron chi connectivity index (χ3n) is 4.09. The molecule has 1 aliphatic carbocycles. The maximum atomic E-state index is 11.3. The molecule has 0 radical (unpaired) electrons. The average Bonchev–Trinajstić information content (AvgIpc) is 2.47. The molecule has 1 aromatic carbocycles. The molecule has 110 valence electrons. The van der Waals surface area contributed by atoms with Crippen molar-refractivity contribution in [3.63, 3.8) is 0 Å². The minimum Gasteiger partial charge on any atom is -0.483 e. The molecule has 0 bridgehead atoms. The molecule has 0 spiro atoms. The molecular formula is C15H22N2O3. The van der Waals surface area contributed by atoms with Crippen molar-refractivity contribution in [2.45, 2.75) is 45.1 Å². The Bertz CT molecular complexity index is 476. The third kappa shape index (κ3) is 3.03. The number of benzene rings is 1. The molecule has 2 atom stereocenters. The van der Waals surface area contributed by atoms with Gasteiger partial charge in [0.05, 0.1) is 4.92 Å². The lowest BCUT2D eigenvalue weighted by molar-refractivity contribution is -0.385. The second-order valence-corrected chi connectivity index (χ2v) is 5.27. The molecule has 0 heterocycles. The third-order valence-corrected chi connectivity index (χ3v) is 4.09. The van der Waals surface area contributed by atoms with E-state index in [0.717, 1.165) is 25.7 Å². The van der Waals surface area contributed by atoms with E-state index in [2.05, 4.69) is 12.2 Å². The zero-order valence-corrected chi connectivity index (χ0v) is 12.1. The molecule has 5 nitrogen and oxygen atoms in total. The van der Waals surface area contributed by atoms with E-state index in [4.69, 9.17) is 4.74 Å². The molecule has 0 aromatic heterocycles. The number of nitrogens with zero attached hydrogens (tertiary/aromatic N) is 1. The molecular weight excluding hydrogens is 256 g/mol. The van der Waals surface area contributed by atoms with Crippen LogP contribution in [0.15, 0.2) is 18.2 Å². The van der Waals surface area contributed by atoms with Crippen molar-refractivity contribution < 1.29 is 9.66 Å². The fourth-order valence-electron chi connectivity index (χ4n) is 2.97. The largest absolute Gasteiger partial charge is 0.483 e. The van der Waals surface area contributed by atoms with Gasteiger partial charge in [-0.25, -0.2) is 0 Å². The first kappa shape index (κ1) is 14.6. The smallest absolute Gasteiger partial charge is 0.333 e. The number of nitrogens with one attached hydrogen (secondary N) is 1. The highest BCUT2D eigenvalue weighted by atomic mass is 16.6. The lowest BCUT2D eigenvalue weighted by atomic mass is 9.85. The Labute approximate surface area is 119 Å². The number of rotatable bonds is 5. The molecule has 1 aliphatic rings. The van der Waals surface area contributed by atoms with Gasteiger partial charge in [-0.3, -0.25) is 10.1 Å². The summed E-state index contributed by atoms with van der Waals surface area (Å²) in [6, 6.07) is 5.18. The highest BCUT2D eigenvalue weighted by Gasteiger charge is 2.29. The van der Waals surface area contributed by atoms with E-state index >= 15 is 0 Å². The van der Waals surface area contributed by atoms with Crippen LogP contribution >= 0.6 is 0 Å². The van der Waals surface area contributed by atoms with Crippen molar-refractivity contribution in [1.82, 2.24) is 0 Å². The van der Waals surface area contributed by atoms with Crippen molar-refractivity contribution in [1.29, 1.82) is 0 Å². The second-order valence-electron chi connectivity index (χ2n) is 5.27. The number of hydrogen-bond acceptors (Lipinski definition) is 4. The van der Waals surface area contributed by atoms with Crippen LogP contribution in [0.2, 0.25) is 0 Å². The van der Waals surface area contributed by atoms with Gasteiger partial charge in [0.15, 0.2) is 5.75 Å². The average molecular weight is 278 g/mol. The fraction of sp³-hybridized carbons (Fsp3) is 0.600. The number of hydrogen-bond donors (Lipinski definition) is 1. The molecule has 1 N–H and O–H groups in total. The number of nitro groups is 1. The van der Waals surface area contributed by atoms with Crippen LogP contribution < -0.4 is 10.1 Å². The molecule has 1 fully saturated rings. The summed E-state index contributed by atoms with van der Waals surface area (Å²) in [5, 5.41) is 14.1. The predicted octanol–water partition coefficient (Wildman–Crippen LogP) is 3.98. The Hall–Kier alpha value is -1.78. The summed E-state index contributed by atoms with van der Waals surface area (Å²) < 4.78 is 6.01. The van der Waals surface area contributed by atoms with Gasteiger partial charge in [-0.1, -0.05) is 19.4 Å². The minimum absolute atomic E-state index is 0.0374. The van der Waals surface area contributed by atoms with Crippen molar-refractivity contribution in [3.05, 3.63) is 28.3 Å². The van der Waals surface area contributed by atoms with Gasteiger partial charge in [0, 0.05) is 7.05 Å². The van der Waals surface area contributed by atoms with E-state index in [1.165, 1.54) is 6.42 Å². The van der Waals surface area contributed by atoms with Crippen LogP contribution in [-0.4, -0.2) is 18.1 Å². The summed E-state index contributed by atoms with van der Waals surface area (Å²) in [6.45, 7) is 2.16. The highest BCUT2D eigenvalue weighted by molar-refractivity contribution is 5.68. The first-order valence-electron chi connectivity index (χ1n) is 7.29. The number of para-hydroxylation sites is 1.